The van der Waals surface area contributed by atoms with Crippen LogP contribution in [-0.2, 0) is 26.2 Å². The lowest BCUT2D eigenvalue weighted by Crippen LogP contribution is -2.54. The minimum Gasteiger partial charge on any atom is -0.494 e. The van der Waals surface area contributed by atoms with Crippen LogP contribution in [0.4, 0.5) is 5.69 Å². The van der Waals surface area contributed by atoms with E-state index in [1.54, 1.807) is 48.5 Å². The summed E-state index contributed by atoms with van der Waals surface area (Å²) in [5, 5.41) is 4.08. The van der Waals surface area contributed by atoms with Crippen molar-refractivity contribution >= 4 is 50.7 Å². The highest BCUT2D eigenvalue weighted by atomic mass is 35.5. The molecule has 11 heteroatoms. The van der Waals surface area contributed by atoms with Gasteiger partial charge >= 0.3 is 0 Å². The molecule has 0 heterocycles. The third kappa shape index (κ3) is 8.67. The molecule has 236 valence electrons. The van der Waals surface area contributed by atoms with Crippen LogP contribution in [0.5, 0.6) is 5.75 Å². The van der Waals surface area contributed by atoms with Crippen molar-refractivity contribution in [3.05, 3.63) is 88.4 Å². The second-order valence-electron chi connectivity index (χ2n) is 10.8. The van der Waals surface area contributed by atoms with E-state index in [0.29, 0.717) is 28.8 Å². The van der Waals surface area contributed by atoms with E-state index in [9.17, 15) is 18.0 Å². The van der Waals surface area contributed by atoms with E-state index in [2.05, 4.69) is 5.32 Å². The standard InChI is InChI=1S/C33H39Cl2N3O5S/c1-3-31(33(40)36-27-8-6-5-7-9-27)37(22-24-10-12-25(34)13-11-24)32(39)23-38(28-16-18-29(19-17-28)43-4-2)44(41,42)30-20-14-26(35)15-21-30/h10-21,27,31H,3-9,22-23H2,1-2H3,(H,36,40). The molecular weight excluding hydrogens is 621 g/mol. The van der Waals surface area contributed by atoms with E-state index < -0.39 is 28.5 Å². The summed E-state index contributed by atoms with van der Waals surface area (Å²) in [7, 11) is -4.21. The highest BCUT2D eigenvalue weighted by Gasteiger charge is 2.34. The summed E-state index contributed by atoms with van der Waals surface area (Å²) in [5.41, 5.74) is 1.04. The van der Waals surface area contributed by atoms with Crippen LogP contribution < -0.4 is 14.4 Å². The highest BCUT2D eigenvalue weighted by Crippen LogP contribution is 2.28. The van der Waals surface area contributed by atoms with Crippen LogP contribution in [0.3, 0.4) is 0 Å². The van der Waals surface area contributed by atoms with Crippen molar-refractivity contribution in [1.82, 2.24) is 10.2 Å². The third-order valence-electron chi connectivity index (χ3n) is 7.72. The lowest BCUT2D eigenvalue weighted by molar-refractivity contribution is -0.140. The number of hydrogen-bond donors (Lipinski definition) is 1. The Bertz CT molecular complexity index is 1490. The summed E-state index contributed by atoms with van der Waals surface area (Å²) < 4.78 is 34.7. The molecule has 1 unspecified atom stereocenters. The van der Waals surface area contributed by atoms with Gasteiger partial charge in [0.1, 0.15) is 18.3 Å². The zero-order valence-corrected chi connectivity index (χ0v) is 27.4. The third-order valence-corrected chi connectivity index (χ3v) is 10.0. The molecule has 0 spiro atoms. The predicted molar refractivity (Wildman–Crippen MR) is 175 cm³/mol. The van der Waals surface area contributed by atoms with Crippen LogP contribution in [-0.4, -0.2) is 50.4 Å². The Balaban J connectivity index is 1.70. The Kier molecular flexibility index (Phi) is 11.9. The molecule has 0 aromatic heterocycles. The number of halogens is 2. The van der Waals surface area contributed by atoms with Gasteiger partial charge in [-0.05, 0) is 92.4 Å². The normalized spacial score (nSPS) is 14.5. The molecule has 0 radical (unpaired) electrons. The fourth-order valence-corrected chi connectivity index (χ4v) is 7.05. The maximum absolute atomic E-state index is 14.3. The number of rotatable bonds is 13. The van der Waals surface area contributed by atoms with E-state index in [1.165, 1.54) is 29.2 Å². The van der Waals surface area contributed by atoms with Crippen molar-refractivity contribution in [1.29, 1.82) is 0 Å². The van der Waals surface area contributed by atoms with Gasteiger partial charge in [-0.3, -0.25) is 13.9 Å². The average molecular weight is 661 g/mol. The van der Waals surface area contributed by atoms with Gasteiger partial charge in [0.25, 0.3) is 10.0 Å². The molecule has 8 nitrogen and oxygen atoms in total. The fourth-order valence-electron chi connectivity index (χ4n) is 5.39. The van der Waals surface area contributed by atoms with Crippen LogP contribution in [0, 0.1) is 0 Å². The molecule has 4 rings (SSSR count). The van der Waals surface area contributed by atoms with Crippen molar-refractivity contribution < 1.29 is 22.7 Å². The second-order valence-corrected chi connectivity index (χ2v) is 13.5. The maximum Gasteiger partial charge on any atom is 0.264 e. The first kappa shape index (κ1) is 33.6. The molecular formula is C33H39Cl2N3O5S. The van der Waals surface area contributed by atoms with Crippen molar-refractivity contribution in [3.63, 3.8) is 0 Å². The Morgan fingerprint density at radius 1 is 0.886 bits per heavy atom. The molecule has 44 heavy (non-hydrogen) atoms. The largest absolute Gasteiger partial charge is 0.494 e. The van der Waals surface area contributed by atoms with Crippen molar-refractivity contribution in [2.75, 3.05) is 17.5 Å². The summed E-state index contributed by atoms with van der Waals surface area (Å²) in [6.07, 6.45) is 5.40. The number of nitrogens with zero attached hydrogens (tertiary/aromatic N) is 2. The molecule has 0 bridgehead atoms. The van der Waals surface area contributed by atoms with E-state index in [0.717, 1.165) is 42.0 Å². The number of ether oxygens (including phenoxy) is 1. The molecule has 3 aromatic rings. The number of amides is 2. The molecule has 0 saturated heterocycles. The molecule has 1 fully saturated rings. The lowest BCUT2D eigenvalue weighted by atomic mass is 9.95. The van der Waals surface area contributed by atoms with Crippen molar-refractivity contribution in [3.8, 4) is 5.75 Å². The second kappa shape index (κ2) is 15.6. The van der Waals surface area contributed by atoms with Crippen molar-refractivity contribution in [2.45, 2.75) is 75.9 Å². The molecule has 2 amide bonds. The molecule has 1 saturated carbocycles. The predicted octanol–water partition coefficient (Wildman–Crippen LogP) is 6.84. The first-order valence-corrected chi connectivity index (χ1v) is 17.2. The van der Waals surface area contributed by atoms with Gasteiger partial charge < -0.3 is 15.0 Å². The summed E-state index contributed by atoms with van der Waals surface area (Å²) in [6.45, 7) is 3.73. The zero-order valence-electron chi connectivity index (χ0n) is 25.0. The van der Waals surface area contributed by atoms with Gasteiger partial charge in [0.15, 0.2) is 0 Å². The fraction of sp³-hybridized carbons (Fsp3) is 0.394. The molecule has 1 N–H and O–H groups in total. The summed E-state index contributed by atoms with van der Waals surface area (Å²) in [5.74, 6) is -0.187. The van der Waals surface area contributed by atoms with Crippen LogP contribution in [0.2, 0.25) is 10.0 Å². The number of nitrogens with one attached hydrogen (secondary N) is 1. The average Bonchev–Trinajstić information content (AvgIpc) is 3.02. The molecule has 1 aliphatic rings. The minimum atomic E-state index is -4.21. The van der Waals surface area contributed by atoms with Crippen LogP contribution in [0.25, 0.3) is 0 Å². The molecule has 3 aromatic carbocycles. The Labute approximate surface area is 270 Å². The highest BCUT2D eigenvalue weighted by molar-refractivity contribution is 7.92. The van der Waals surface area contributed by atoms with E-state index in [-0.39, 0.29) is 29.1 Å². The monoisotopic (exact) mass is 659 g/mol. The molecule has 1 atom stereocenters. The quantitative estimate of drug-likeness (QED) is 0.217. The maximum atomic E-state index is 14.3. The first-order chi connectivity index (χ1) is 21.1. The van der Waals surface area contributed by atoms with Crippen LogP contribution >= 0.6 is 23.2 Å². The van der Waals surface area contributed by atoms with E-state index >= 15 is 0 Å². The van der Waals surface area contributed by atoms with Crippen LogP contribution in [0.15, 0.2) is 77.7 Å². The number of hydrogen-bond acceptors (Lipinski definition) is 5. The number of carbonyl (C=O) groups is 2. The number of sulfonamides is 1. The first-order valence-electron chi connectivity index (χ1n) is 15.0. The summed E-state index contributed by atoms with van der Waals surface area (Å²) in [4.78, 5) is 29.4. The minimum absolute atomic E-state index is 0.0186. The van der Waals surface area contributed by atoms with E-state index in [4.69, 9.17) is 27.9 Å². The van der Waals surface area contributed by atoms with Gasteiger partial charge in [0, 0.05) is 22.6 Å². The van der Waals surface area contributed by atoms with Gasteiger partial charge in [-0.25, -0.2) is 8.42 Å². The van der Waals surface area contributed by atoms with Crippen molar-refractivity contribution in [2.24, 2.45) is 0 Å². The Morgan fingerprint density at radius 2 is 1.48 bits per heavy atom. The smallest absolute Gasteiger partial charge is 0.264 e. The van der Waals surface area contributed by atoms with Crippen LogP contribution in [0.1, 0.15) is 57.9 Å². The number of benzene rings is 3. The number of anilines is 1. The van der Waals surface area contributed by atoms with Gasteiger partial charge in [-0.2, -0.15) is 0 Å². The van der Waals surface area contributed by atoms with E-state index in [1.807, 2.05) is 13.8 Å². The topological polar surface area (TPSA) is 96.0 Å². The van der Waals surface area contributed by atoms with Gasteiger partial charge in [0.2, 0.25) is 11.8 Å². The SMILES string of the molecule is CCOc1ccc(N(CC(=O)N(Cc2ccc(Cl)cc2)C(CC)C(=O)NC2CCCCC2)S(=O)(=O)c2ccc(Cl)cc2)cc1. The van der Waals surface area contributed by atoms with Gasteiger partial charge in [-0.1, -0.05) is 61.5 Å². The Hall–Kier alpha value is -3.27. The Morgan fingerprint density at radius 3 is 2.05 bits per heavy atom. The molecule has 1 aliphatic carbocycles. The lowest BCUT2D eigenvalue weighted by Gasteiger charge is -2.34. The summed E-state index contributed by atoms with van der Waals surface area (Å²) in [6, 6.07) is 18.6. The summed E-state index contributed by atoms with van der Waals surface area (Å²) >= 11 is 12.1. The van der Waals surface area contributed by atoms with Gasteiger partial charge in [0.05, 0.1) is 17.2 Å². The zero-order chi connectivity index (χ0) is 31.7. The molecule has 0 aliphatic heterocycles. The van der Waals surface area contributed by atoms with Gasteiger partial charge in [-0.15, -0.1) is 0 Å². The number of carbonyl (C=O) groups excluding carboxylic acids is 2.